The van der Waals surface area contributed by atoms with Gasteiger partial charge in [-0.05, 0) is 31.0 Å². The molecule has 8 nitrogen and oxygen atoms in total. The van der Waals surface area contributed by atoms with E-state index in [-0.39, 0.29) is 23.6 Å². The Morgan fingerprint density at radius 3 is 2.61 bits per heavy atom. The van der Waals surface area contributed by atoms with Gasteiger partial charge >= 0.3 is 0 Å². The van der Waals surface area contributed by atoms with Crippen molar-refractivity contribution in [3.8, 4) is 17.0 Å². The number of carbonyl (C=O) groups is 1. The van der Waals surface area contributed by atoms with E-state index >= 15 is 0 Å². The molecule has 0 bridgehead atoms. The molecule has 0 unspecified atom stereocenters. The van der Waals surface area contributed by atoms with Crippen LogP contribution in [0.2, 0.25) is 0 Å². The number of anilines is 2. The number of rotatable bonds is 4. The van der Waals surface area contributed by atoms with Crippen molar-refractivity contribution in [3.63, 3.8) is 0 Å². The van der Waals surface area contributed by atoms with E-state index in [1.807, 2.05) is 37.8 Å². The summed E-state index contributed by atoms with van der Waals surface area (Å²) in [5, 5.41) is 18.3. The molecule has 2 heterocycles. The van der Waals surface area contributed by atoms with Crippen molar-refractivity contribution in [2.24, 2.45) is 11.7 Å². The Morgan fingerprint density at radius 2 is 1.96 bits per heavy atom. The number of nitrogens with two attached hydrogens (primary N) is 2. The summed E-state index contributed by atoms with van der Waals surface area (Å²) in [6.45, 7) is 7.71. The first kappa shape index (κ1) is 19.9. The second-order valence-electron chi connectivity index (χ2n) is 7.61. The van der Waals surface area contributed by atoms with Gasteiger partial charge in [-0.3, -0.25) is 4.79 Å². The Kier molecular flexibility index (Phi) is 5.69. The lowest BCUT2D eigenvalue weighted by Gasteiger charge is -2.42. The Bertz CT molecular complexity index is 856. The van der Waals surface area contributed by atoms with Gasteiger partial charge in [0.2, 0.25) is 5.91 Å². The summed E-state index contributed by atoms with van der Waals surface area (Å²) in [7, 11) is 0. The number of aromatic hydroxyl groups is 1. The molecule has 5 N–H and O–H groups in total. The number of carbonyl (C=O) groups excluding carboxylic acids is 1. The molecule has 150 valence electrons. The third-order valence-corrected chi connectivity index (χ3v) is 5.24. The number of phenolic OH excluding ortho intramolecular Hbond substituents is 1. The first-order valence-corrected chi connectivity index (χ1v) is 9.52. The Morgan fingerprint density at radius 1 is 1.25 bits per heavy atom. The van der Waals surface area contributed by atoms with Crippen molar-refractivity contribution in [2.75, 3.05) is 30.3 Å². The van der Waals surface area contributed by atoms with Crippen molar-refractivity contribution >= 4 is 17.4 Å². The summed E-state index contributed by atoms with van der Waals surface area (Å²) >= 11 is 0. The third kappa shape index (κ3) is 3.87. The molecule has 0 radical (unpaired) electrons. The molecule has 28 heavy (non-hydrogen) atoms. The predicted molar refractivity (Wildman–Crippen MR) is 110 cm³/mol. The molecule has 2 aromatic rings. The smallest absolute Gasteiger partial charge is 0.240 e. The average molecular weight is 384 g/mol. The van der Waals surface area contributed by atoms with Crippen molar-refractivity contribution in [1.82, 2.24) is 15.1 Å². The SMILES string of the molecule is CC(C)[C@H](N)C(=O)N1CCN(c2cc(-c3ccccc3O)nnc2N)C[C@H]1C. The highest BCUT2D eigenvalue weighted by atomic mass is 16.3. The van der Waals surface area contributed by atoms with E-state index in [9.17, 15) is 9.90 Å². The molecule has 1 fully saturated rings. The summed E-state index contributed by atoms with van der Waals surface area (Å²) in [5.74, 6) is 0.542. The first-order valence-electron chi connectivity index (χ1n) is 9.52. The van der Waals surface area contributed by atoms with Crippen LogP contribution >= 0.6 is 0 Å². The molecular formula is C20H28N6O2. The van der Waals surface area contributed by atoms with Gasteiger partial charge in [0.15, 0.2) is 5.82 Å². The van der Waals surface area contributed by atoms with Gasteiger partial charge in [-0.2, -0.15) is 0 Å². The molecule has 1 aliphatic rings. The topological polar surface area (TPSA) is 122 Å². The number of hydrogen-bond donors (Lipinski definition) is 3. The van der Waals surface area contributed by atoms with E-state index in [2.05, 4.69) is 15.1 Å². The van der Waals surface area contributed by atoms with E-state index in [0.717, 1.165) is 5.69 Å². The minimum atomic E-state index is -0.491. The maximum atomic E-state index is 12.6. The van der Waals surface area contributed by atoms with Gasteiger partial charge in [0.05, 0.1) is 17.4 Å². The highest BCUT2D eigenvalue weighted by molar-refractivity contribution is 5.82. The number of phenols is 1. The predicted octanol–water partition coefficient (Wildman–Crippen LogP) is 1.45. The van der Waals surface area contributed by atoms with Gasteiger partial charge in [0.25, 0.3) is 0 Å². The van der Waals surface area contributed by atoms with E-state index in [4.69, 9.17) is 11.5 Å². The van der Waals surface area contributed by atoms with Crippen molar-refractivity contribution in [1.29, 1.82) is 0 Å². The molecule has 1 aromatic heterocycles. The summed E-state index contributed by atoms with van der Waals surface area (Å²) < 4.78 is 0. The molecule has 1 aromatic carbocycles. The van der Waals surface area contributed by atoms with Crippen LogP contribution in [0.4, 0.5) is 11.5 Å². The van der Waals surface area contributed by atoms with Crippen LogP contribution in [-0.2, 0) is 4.79 Å². The normalized spacial score (nSPS) is 18.4. The second-order valence-corrected chi connectivity index (χ2v) is 7.61. The Balaban J connectivity index is 1.81. The number of nitrogens with zero attached hydrogens (tertiary/aromatic N) is 4. The zero-order chi connectivity index (χ0) is 20.4. The fraction of sp³-hybridized carbons (Fsp3) is 0.450. The van der Waals surface area contributed by atoms with Crippen molar-refractivity contribution in [2.45, 2.75) is 32.9 Å². The maximum Gasteiger partial charge on any atom is 0.240 e. The first-order chi connectivity index (χ1) is 13.3. The molecule has 3 rings (SSSR count). The van der Waals surface area contributed by atoms with E-state index in [0.29, 0.717) is 36.7 Å². The van der Waals surface area contributed by atoms with Crippen LogP contribution in [-0.4, -0.2) is 57.8 Å². The van der Waals surface area contributed by atoms with Gasteiger partial charge < -0.3 is 26.4 Å². The fourth-order valence-electron chi connectivity index (χ4n) is 3.45. The summed E-state index contributed by atoms with van der Waals surface area (Å²) in [6, 6.07) is 8.31. The van der Waals surface area contributed by atoms with Crippen molar-refractivity contribution < 1.29 is 9.90 Å². The van der Waals surface area contributed by atoms with Crippen LogP contribution in [0.25, 0.3) is 11.3 Å². The van der Waals surface area contributed by atoms with E-state index in [1.165, 1.54) is 0 Å². The second kappa shape index (κ2) is 8.02. The largest absolute Gasteiger partial charge is 0.507 e. The van der Waals surface area contributed by atoms with Crippen LogP contribution in [0.1, 0.15) is 20.8 Å². The van der Waals surface area contributed by atoms with Gasteiger partial charge in [0.1, 0.15) is 5.75 Å². The lowest BCUT2D eigenvalue weighted by molar-refractivity contribution is -0.136. The highest BCUT2D eigenvalue weighted by Crippen LogP contribution is 2.32. The summed E-state index contributed by atoms with van der Waals surface area (Å²) in [4.78, 5) is 16.6. The molecule has 2 atom stereocenters. The molecule has 8 heteroatoms. The molecule has 0 saturated carbocycles. The monoisotopic (exact) mass is 384 g/mol. The number of benzene rings is 1. The third-order valence-electron chi connectivity index (χ3n) is 5.24. The number of piperazine rings is 1. The maximum absolute atomic E-state index is 12.6. The van der Waals surface area contributed by atoms with Gasteiger partial charge in [-0.15, -0.1) is 10.2 Å². The fourth-order valence-corrected chi connectivity index (χ4v) is 3.45. The molecule has 1 saturated heterocycles. The summed E-state index contributed by atoms with van der Waals surface area (Å²) in [6.07, 6.45) is 0. The number of para-hydroxylation sites is 1. The minimum Gasteiger partial charge on any atom is -0.507 e. The molecule has 1 aliphatic heterocycles. The Labute approximate surface area is 165 Å². The number of aromatic nitrogens is 2. The van der Waals surface area contributed by atoms with Crippen LogP contribution in [0.3, 0.4) is 0 Å². The lowest BCUT2D eigenvalue weighted by Crippen LogP contribution is -2.58. The summed E-state index contributed by atoms with van der Waals surface area (Å²) in [5.41, 5.74) is 14.0. The molecule has 0 aliphatic carbocycles. The van der Waals surface area contributed by atoms with Gasteiger partial charge in [-0.25, -0.2) is 0 Å². The number of hydrogen-bond acceptors (Lipinski definition) is 7. The minimum absolute atomic E-state index is 0.00723. The van der Waals surface area contributed by atoms with Crippen LogP contribution in [0.5, 0.6) is 5.75 Å². The lowest BCUT2D eigenvalue weighted by atomic mass is 10.0. The quantitative estimate of drug-likeness (QED) is 0.729. The number of nitrogen functional groups attached to an aromatic ring is 1. The van der Waals surface area contributed by atoms with Gasteiger partial charge in [-0.1, -0.05) is 26.0 Å². The molecule has 1 amide bonds. The zero-order valence-electron chi connectivity index (χ0n) is 16.5. The highest BCUT2D eigenvalue weighted by Gasteiger charge is 2.32. The van der Waals surface area contributed by atoms with Gasteiger partial charge in [0, 0.05) is 31.2 Å². The van der Waals surface area contributed by atoms with Crippen molar-refractivity contribution in [3.05, 3.63) is 30.3 Å². The molecule has 0 spiro atoms. The van der Waals surface area contributed by atoms with Crippen LogP contribution in [0, 0.1) is 5.92 Å². The van der Waals surface area contributed by atoms with Crippen LogP contribution in [0.15, 0.2) is 30.3 Å². The zero-order valence-corrected chi connectivity index (χ0v) is 16.5. The van der Waals surface area contributed by atoms with E-state index < -0.39 is 6.04 Å². The number of amides is 1. The molecular weight excluding hydrogens is 356 g/mol. The standard InChI is InChI=1S/C20H28N6O2/c1-12(2)18(21)20(28)26-9-8-25(11-13(26)3)16-10-15(23-24-19(16)22)14-6-4-5-7-17(14)27/h4-7,10,12-13,18,27H,8-9,11,21H2,1-3H3,(H2,22,24)/t13-,18+/m1/s1. The average Bonchev–Trinajstić information content (AvgIpc) is 2.67. The van der Waals surface area contributed by atoms with Crippen LogP contribution < -0.4 is 16.4 Å². The Hall–Kier alpha value is -2.87. The van der Waals surface area contributed by atoms with E-state index in [1.54, 1.807) is 18.2 Å².